The van der Waals surface area contributed by atoms with Gasteiger partial charge < -0.3 is 10.2 Å². The molecule has 19 heavy (non-hydrogen) atoms. The topological polar surface area (TPSA) is 41.1 Å². The Morgan fingerprint density at radius 1 is 1.32 bits per heavy atom. The van der Waals surface area contributed by atoms with Crippen LogP contribution in [0.3, 0.4) is 0 Å². The molecule has 1 saturated heterocycles. The molecule has 0 aromatic carbocycles. The third-order valence-electron chi connectivity index (χ3n) is 4.37. The van der Waals surface area contributed by atoms with Crippen LogP contribution in [0.2, 0.25) is 0 Å². The van der Waals surface area contributed by atoms with Gasteiger partial charge in [0.05, 0.1) is 0 Å². The summed E-state index contributed by atoms with van der Waals surface area (Å²) in [6.45, 7) is 3.36. The molecule has 1 aliphatic carbocycles. The summed E-state index contributed by atoms with van der Waals surface area (Å²) in [6, 6.07) is 0. The molecule has 0 amide bonds. The number of anilines is 1. The average Bonchev–Trinajstić information content (AvgIpc) is 2.48. The highest BCUT2D eigenvalue weighted by molar-refractivity contribution is 5.34. The smallest absolute Gasteiger partial charge is 0.225 e. The first kappa shape index (κ1) is 12.9. The number of hydrogen-bond acceptors (Lipinski definition) is 4. The van der Waals surface area contributed by atoms with E-state index in [2.05, 4.69) is 21.4 Å². The van der Waals surface area contributed by atoms with E-state index in [1.54, 1.807) is 0 Å². The van der Waals surface area contributed by atoms with Gasteiger partial charge in [-0.3, -0.25) is 0 Å². The van der Waals surface area contributed by atoms with E-state index in [9.17, 15) is 0 Å². The van der Waals surface area contributed by atoms with Crippen molar-refractivity contribution in [2.75, 3.05) is 31.6 Å². The fraction of sp³-hybridized carbons (Fsp3) is 0.733. The second-order valence-electron chi connectivity index (χ2n) is 5.86. The van der Waals surface area contributed by atoms with Gasteiger partial charge in [0.15, 0.2) is 0 Å². The van der Waals surface area contributed by atoms with Crippen molar-refractivity contribution in [2.45, 2.75) is 38.5 Å². The predicted molar refractivity (Wildman–Crippen MR) is 77.5 cm³/mol. The van der Waals surface area contributed by atoms with Crippen LogP contribution in [-0.2, 0) is 12.8 Å². The van der Waals surface area contributed by atoms with Crippen LogP contribution >= 0.6 is 0 Å². The van der Waals surface area contributed by atoms with Crippen LogP contribution < -0.4 is 10.2 Å². The first-order valence-corrected chi connectivity index (χ1v) is 7.61. The molecule has 0 bridgehead atoms. The Morgan fingerprint density at radius 3 is 2.95 bits per heavy atom. The minimum Gasteiger partial charge on any atom is -0.341 e. The molecule has 4 nitrogen and oxygen atoms in total. The first-order valence-electron chi connectivity index (χ1n) is 7.61. The van der Waals surface area contributed by atoms with Crippen molar-refractivity contribution in [1.29, 1.82) is 0 Å². The standard InChI is InChI=1S/C15H24N4/c1-16-10-12-5-6-14-13(9-12)11-17-15(18-14)19-7-3-2-4-8-19/h11-12,16H,2-10H2,1H3. The van der Waals surface area contributed by atoms with E-state index in [1.807, 2.05) is 7.05 Å². The van der Waals surface area contributed by atoms with Gasteiger partial charge in [-0.05, 0) is 63.6 Å². The van der Waals surface area contributed by atoms with E-state index in [0.29, 0.717) is 0 Å². The lowest BCUT2D eigenvalue weighted by atomic mass is 9.87. The number of nitrogens with zero attached hydrogens (tertiary/aromatic N) is 3. The predicted octanol–water partition coefficient (Wildman–Crippen LogP) is 1.79. The number of hydrogen-bond donors (Lipinski definition) is 1. The fourth-order valence-electron chi connectivity index (χ4n) is 3.28. The lowest BCUT2D eigenvalue weighted by molar-refractivity contribution is 0.433. The normalized spacial score (nSPS) is 23.2. The zero-order chi connectivity index (χ0) is 13.1. The Labute approximate surface area is 115 Å². The molecule has 2 aliphatic rings. The second kappa shape index (κ2) is 5.87. The van der Waals surface area contributed by atoms with Gasteiger partial charge in [-0.15, -0.1) is 0 Å². The van der Waals surface area contributed by atoms with Crippen LogP contribution in [0.4, 0.5) is 5.95 Å². The van der Waals surface area contributed by atoms with Gasteiger partial charge in [0.25, 0.3) is 0 Å². The van der Waals surface area contributed by atoms with E-state index in [-0.39, 0.29) is 0 Å². The molecule has 1 aromatic heterocycles. The summed E-state index contributed by atoms with van der Waals surface area (Å²) in [4.78, 5) is 11.8. The maximum absolute atomic E-state index is 4.83. The molecule has 2 heterocycles. The van der Waals surface area contributed by atoms with Gasteiger partial charge in [-0.2, -0.15) is 0 Å². The molecule has 0 saturated carbocycles. The van der Waals surface area contributed by atoms with E-state index >= 15 is 0 Å². The molecule has 104 valence electrons. The quantitative estimate of drug-likeness (QED) is 0.899. The third kappa shape index (κ3) is 2.89. The van der Waals surface area contributed by atoms with Crippen molar-refractivity contribution >= 4 is 5.95 Å². The van der Waals surface area contributed by atoms with Gasteiger partial charge in [0, 0.05) is 25.0 Å². The highest BCUT2D eigenvalue weighted by Crippen LogP contribution is 2.25. The monoisotopic (exact) mass is 260 g/mol. The van der Waals surface area contributed by atoms with Crippen LogP contribution in [0.5, 0.6) is 0 Å². The molecular weight excluding hydrogens is 236 g/mol. The highest BCUT2D eigenvalue weighted by atomic mass is 15.2. The van der Waals surface area contributed by atoms with Gasteiger partial charge in [-0.25, -0.2) is 9.97 Å². The Balaban J connectivity index is 1.73. The molecule has 1 aliphatic heterocycles. The van der Waals surface area contributed by atoms with Crippen LogP contribution in [0.1, 0.15) is 36.9 Å². The molecule has 3 rings (SSSR count). The lowest BCUT2D eigenvalue weighted by Gasteiger charge is -2.29. The van der Waals surface area contributed by atoms with Crippen LogP contribution in [0, 0.1) is 5.92 Å². The van der Waals surface area contributed by atoms with E-state index in [0.717, 1.165) is 44.3 Å². The molecule has 0 spiro atoms. The summed E-state index contributed by atoms with van der Waals surface area (Å²) in [7, 11) is 2.03. The van der Waals surface area contributed by atoms with Crippen molar-refractivity contribution in [1.82, 2.24) is 15.3 Å². The molecule has 1 aromatic rings. The van der Waals surface area contributed by atoms with Gasteiger partial charge in [-0.1, -0.05) is 0 Å². The minimum absolute atomic E-state index is 0.752. The molecule has 1 N–H and O–H groups in total. The third-order valence-corrected chi connectivity index (χ3v) is 4.37. The number of aromatic nitrogens is 2. The number of piperidine rings is 1. The zero-order valence-corrected chi connectivity index (χ0v) is 11.9. The highest BCUT2D eigenvalue weighted by Gasteiger charge is 2.21. The van der Waals surface area contributed by atoms with E-state index in [1.165, 1.54) is 36.9 Å². The first-order chi connectivity index (χ1) is 9.36. The second-order valence-corrected chi connectivity index (χ2v) is 5.86. The number of fused-ring (bicyclic) bond motifs is 1. The zero-order valence-electron chi connectivity index (χ0n) is 11.9. The molecule has 1 atom stereocenters. The molecule has 1 fully saturated rings. The summed E-state index contributed by atoms with van der Waals surface area (Å²) >= 11 is 0. The summed E-state index contributed by atoms with van der Waals surface area (Å²) in [5.41, 5.74) is 2.66. The molecule has 0 radical (unpaired) electrons. The van der Waals surface area contributed by atoms with Crippen molar-refractivity contribution in [3.05, 3.63) is 17.5 Å². The maximum Gasteiger partial charge on any atom is 0.225 e. The largest absolute Gasteiger partial charge is 0.341 e. The summed E-state index contributed by atoms with van der Waals surface area (Å²) in [5.74, 6) is 1.72. The van der Waals surface area contributed by atoms with Crippen molar-refractivity contribution < 1.29 is 0 Å². The van der Waals surface area contributed by atoms with Crippen molar-refractivity contribution in [3.8, 4) is 0 Å². The van der Waals surface area contributed by atoms with E-state index < -0.39 is 0 Å². The lowest BCUT2D eigenvalue weighted by Crippen LogP contribution is -2.32. The fourth-order valence-corrected chi connectivity index (χ4v) is 3.28. The van der Waals surface area contributed by atoms with Gasteiger partial charge >= 0.3 is 0 Å². The summed E-state index contributed by atoms with van der Waals surface area (Å²) in [6.07, 6.45) is 9.50. The number of nitrogens with one attached hydrogen (secondary N) is 1. The number of rotatable bonds is 3. The van der Waals surface area contributed by atoms with Gasteiger partial charge in [0.2, 0.25) is 5.95 Å². The van der Waals surface area contributed by atoms with Gasteiger partial charge in [0.1, 0.15) is 0 Å². The Hall–Kier alpha value is -1.16. The Kier molecular flexibility index (Phi) is 3.97. The van der Waals surface area contributed by atoms with Crippen molar-refractivity contribution in [2.24, 2.45) is 5.92 Å². The molecule has 1 unspecified atom stereocenters. The van der Waals surface area contributed by atoms with E-state index in [4.69, 9.17) is 4.98 Å². The summed E-state index contributed by atoms with van der Waals surface area (Å²) in [5, 5.41) is 3.28. The molecule has 4 heteroatoms. The maximum atomic E-state index is 4.83. The minimum atomic E-state index is 0.752. The van der Waals surface area contributed by atoms with Crippen LogP contribution in [0.25, 0.3) is 0 Å². The molecular formula is C15H24N4. The Bertz CT molecular complexity index is 426. The van der Waals surface area contributed by atoms with Crippen molar-refractivity contribution in [3.63, 3.8) is 0 Å². The van der Waals surface area contributed by atoms with Crippen LogP contribution in [-0.4, -0.2) is 36.6 Å². The average molecular weight is 260 g/mol. The Morgan fingerprint density at radius 2 is 2.16 bits per heavy atom. The number of aryl methyl sites for hydroxylation is 1. The summed E-state index contributed by atoms with van der Waals surface area (Å²) < 4.78 is 0. The SMILES string of the molecule is CNCC1CCc2nc(N3CCCCC3)ncc2C1. The van der Waals surface area contributed by atoms with Crippen LogP contribution in [0.15, 0.2) is 6.20 Å².